The summed E-state index contributed by atoms with van der Waals surface area (Å²) < 4.78 is 0. The fourth-order valence-electron chi connectivity index (χ4n) is 1.08. The fourth-order valence-corrected chi connectivity index (χ4v) is 1.65. The van der Waals surface area contributed by atoms with Crippen LogP contribution in [0.2, 0.25) is 0 Å². The second-order valence-electron chi connectivity index (χ2n) is 3.40. The normalized spacial score (nSPS) is 12.1. The first kappa shape index (κ1) is 11.3. The molecule has 1 aromatic carbocycles. The Balaban J connectivity index is 2.77. The molecular formula is C11H17N2S+. The van der Waals surface area contributed by atoms with Crippen LogP contribution in [0.5, 0.6) is 0 Å². The molecule has 0 unspecified atom stereocenters. The van der Waals surface area contributed by atoms with Gasteiger partial charge in [0.1, 0.15) is 5.04 Å². The molecule has 0 saturated heterocycles. The molecule has 0 saturated carbocycles. The van der Waals surface area contributed by atoms with E-state index in [9.17, 15) is 0 Å². The zero-order valence-electron chi connectivity index (χ0n) is 8.95. The number of thioether (sulfide) groups is 1. The van der Waals surface area contributed by atoms with Gasteiger partial charge in [-0.25, -0.2) is 4.99 Å². The van der Waals surface area contributed by atoms with Crippen molar-refractivity contribution in [2.45, 2.75) is 0 Å². The first-order valence-electron chi connectivity index (χ1n) is 4.67. The van der Waals surface area contributed by atoms with E-state index in [0.717, 1.165) is 11.7 Å². The maximum absolute atomic E-state index is 4.55. The second kappa shape index (κ2) is 5.83. The lowest BCUT2D eigenvalue weighted by molar-refractivity contribution is -0.857. The first-order valence-corrected chi connectivity index (χ1v) is 5.89. The molecule has 14 heavy (non-hydrogen) atoms. The van der Waals surface area contributed by atoms with Crippen molar-refractivity contribution in [2.24, 2.45) is 4.99 Å². The number of quaternary nitrogens is 1. The summed E-state index contributed by atoms with van der Waals surface area (Å²) in [5.41, 5.74) is 1.21. The number of hydrogen-bond donors (Lipinski definition) is 1. The first-order chi connectivity index (χ1) is 6.74. The van der Waals surface area contributed by atoms with Gasteiger partial charge in [0.05, 0.1) is 14.1 Å². The van der Waals surface area contributed by atoms with Crippen LogP contribution in [0.3, 0.4) is 0 Å². The minimum Gasteiger partial charge on any atom is -0.321 e. The molecule has 0 atom stereocenters. The Hall–Kier alpha value is -0.800. The van der Waals surface area contributed by atoms with E-state index in [1.165, 1.54) is 10.5 Å². The van der Waals surface area contributed by atoms with E-state index in [-0.39, 0.29) is 0 Å². The molecule has 1 N–H and O–H groups in total. The van der Waals surface area contributed by atoms with Crippen LogP contribution in [0.4, 0.5) is 0 Å². The van der Waals surface area contributed by atoms with Crippen LogP contribution in [0.15, 0.2) is 35.3 Å². The molecule has 0 fully saturated rings. The Bertz CT molecular complexity index is 293. The third-order valence-corrected chi connectivity index (χ3v) is 2.50. The van der Waals surface area contributed by atoms with Crippen molar-refractivity contribution < 1.29 is 4.90 Å². The molecule has 0 heterocycles. The summed E-state index contributed by atoms with van der Waals surface area (Å²) in [4.78, 5) is 5.89. The lowest BCUT2D eigenvalue weighted by Crippen LogP contribution is -3.05. The third kappa shape index (κ3) is 3.52. The van der Waals surface area contributed by atoms with Crippen LogP contribution in [-0.2, 0) is 0 Å². The van der Waals surface area contributed by atoms with Gasteiger partial charge in [-0.15, -0.1) is 11.8 Å². The number of hydrogen-bond acceptors (Lipinski definition) is 2. The molecule has 1 rings (SSSR count). The van der Waals surface area contributed by atoms with Gasteiger partial charge in [-0.05, 0) is 6.26 Å². The highest BCUT2D eigenvalue weighted by Gasteiger charge is 2.00. The average molecular weight is 209 g/mol. The van der Waals surface area contributed by atoms with E-state index in [0.29, 0.717) is 0 Å². The summed E-state index contributed by atoms with van der Waals surface area (Å²) in [6.07, 6.45) is 2.07. The maximum Gasteiger partial charge on any atom is 0.172 e. The zero-order chi connectivity index (χ0) is 10.4. The molecule has 3 heteroatoms. The van der Waals surface area contributed by atoms with Gasteiger partial charge in [-0.1, -0.05) is 30.3 Å². The minimum atomic E-state index is 0.824. The van der Waals surface area contributed by atoms with E-state index < -0.39 is 0 Å². The van der Waals surface area contributed by atoms with E-state index in [1.54, 1.807) is 11.8 Å². The highest BCUT2D eigenvalue weighted by atomic mass is 32.2. The van der Waals surface area contributed by atoms with Crippen molar-refractivity contribution in [2.75, 3.05) is 27.0 Å². The lowest BCUT2D eigenvalue weighted by atomic mass is 10.2. The minimum absolute atomic E-state index is 0.824. The largest absolute Gasteiger partial charge is 0.321 e. The number of nitrogens with one attached hydrogen (secondary N) is 1. The van der Waals surface area contributed by atoms with E-state index in [4.69, 9.17) is 0 Å². The van der Waals surface area contributed by atoms with E-state index in [2.05, 4.69) is 37.5 Å². The predicted molar refractivity (Wildman–Crippen MR) is 64.2 cm³/mol. The summed E-state index contributed by atoms with van der Waals surface area (Å²) in [6.45, 7) is 0.824. The topological polar surface area (TPSA) is 16.8 Å². The van der Waals surface area contributed by atoms with Crippen LogP contribution in [-0.4, -0.2) is 32.1 Å². The van der Waals surface area contributed by atoms with Crippen molar-refractivity contribution in [3.8, 4) is 0 Å². The van der Waals surface area contributed by atoms with Crippen LogP contribution < -0.4 is 4.90 Å². The molecule has 0 aliphatic carbocycles. The van der Waals surface area contributed by atoms with Gasteiger partial charge < -0.3 is 4.90 Å². The second-order valence-corrected chi connectivity index (χ2v) is 4.19. The van der Waals surface area contributed by atoms with Gasteiger partial charge in [-0.2, -0.15) is 0 Å². The number of benzene rings is 1. The standard InChI is InChI=1S/C11H16N2S/c1-13(2)9-12-11(14-3)10-7-5-4-6-8-10/h4-8H,9H2,1-3H3/p+1. The van der Waals surface area contributed by atoms with Gasteiger partial charge in [0.2, 0.25) is 0 Å². The fraction of sp³-hybridized carbons (Fsp3) is 0.364. The van der Waals surface area contributed by atoms with Crippen molar-refractivity contribution in [1.29, 1.82) is 0 Å². The SMILES string of the molecule is CSC(=NC[NH+](C)C)c1ccccc1. The third-order valence-electron chi connectivity index (χ3n) is 1.75. The summed E-state index contributed by atoms with van der Waals surface area (Å²) >= 11 is 1.70. The Morgan fingerprint density at radius 2 is 1.93 bits per heavy atom. The molecule has 0 aliphatic rings. The summed E-state index contributed by atoms with van der Waals surface area (Å²) in [7, 11) is 4.21. The lowest BCUT2D eigenvalue weighted by Gasteiger charge is -2.06. The van der Waals surface area contributed by atoms with Crippen LogP contribution >= 0.6 is 11.8 Å². The van der Waals surface area contributed by atoms with Crippen molar-refractivity contribution >= 4 is 16.8 Å². The maximum atomic E-state index is 4.55. The molecule has 2 nitrogen and oxygen atoms in total. The Kier molecular flexibility index (Phi) is 4.70. The zero-order valence-corrected chi connectivity index (χ0v) is 9.77. The highest BCUT2D eigenvalue weighted by Crippen LogP contribution is 2.09. The molecule has 0 aromatic heterocycles. The van der Waals surface area contributed by atoms with Crippen LogP contribution in [0.1, 0.15) is 5.56 Å². The number of nitrogens with zero attached hydrogens (tertiary/aromatic N) is 1. The molecule has 0 amide bonds. The van der Waals surface area contributed by atoms with E-state index >= 15 is 0 Å². The number of rotatable bonds is 3. The molecule has 0 spiro atoms. The molecule has 0 radical (unpaired) electrons. The molecule has 0 aliphatic heterocycles. The molecule has 76 valence electrons. The Labute approximate surface area is 90.0 Å². The van der Waals surface area contributed by atoms with Crippen LogP contribution in [0, 0.1) is 0 Å². The van der Waals surface area contributed by atoms with Crippen molar-refractivity contribution in [1.82, 2.24) is 0 Å². The molecule has 0 bridgehead atoms. The predicted octanol–water partition coefficient (Wildman–Crippen LogP) is 0.898. The van der Waals surface area contributed by atoms with E-state index in [1.807, 2.05) is 18.2 Å². The van der Waals surface area contributed by atoms with Gasteiger partial charge in [0, 0.05) is 5.56 Å². The summed E-state index contributed by atoms with van der Waals surface area (Å²) in [5.74, 6) is 0. The van der Waals surface area contributed by atoms with Gasteiger partial charge in [-0.3, -0.25) is 0 Å². The van der Waals surface area contributed by atoms with Gasteiger partial charge >= 0.3 is 0 Å². The van der Waals surface area contributed by atoms with Gasteiger partial charge in [0.15, 0.2) is 6.67 Å². The molecule has 1 aromatic rings. The van der Waals surface area contributed by atoms with Gasteiger partial charge in [0.25, 0.3) is 0 Å². The number of aliphatic imine (C=N–C) groups is 1. The quantitative estimate of drug-likeness (QED) is 0.578. The summed E-state index contributed by atoms with van der Waals surface area (Å²) in [6, 6.07) is 10.3. The van der Waals surface area contributed by atoms with Crippen molar-refractivity contribution in [3.05, 3.63) is 35.9 Å². The van der Waals surface area contributed by atoms with Crippen molar-refractivity contribution in [3.63, 3.8) is 0 Å². The monoisotopic (exact) mass is 209 g/mol. The average Bonchev–Trinajstić information content (AvgIpc) is 2.20. The Morgan fingerprint density at radius 3 is 2.43 bits per heavy atom. The summed E-state index contributed by atoms with van der Waals surface area (Å²) in [5, 5.41) is 1.12. The molecular weight excluding hydrogens is 192 g/mol. The highest BCUT2D eigenvalue weighted by molar-refractivity contribution is 8.13. The van der Waals surface area contributed by atoms with Crippen LogP contribution in [0.25, 0.3) is 0 Å². The smallest absolute Gasteiger partial charge is 0.172 e. The Morgan fingerprint density at radius 1 is 1.29 bits per heavy atom.